The number of aromatic nitrogens is 2. The summed E-state index contributed by atoms with van der Waals surface area (Å²) < 4.78 is 49.3. The van der Waals surface area contributed by atoms with Crippen molar-refractivity contribution in [1.29, 1.82) is 0 Å². The molecule has 0 atom stereocenters. The van der Waals surface area contributed by atoms with Gasteiger partial charge in [-0.25, -0.2) is 14.8 Å². The first-order valence-electron chi connectivity index (χ1n) is 9.07. The standard InChI is InChI=1S/C21H15F3N2O4S/c1-11-16(31-20(25-11)12-5-7-13(8-6-12)21(22,23)24)9-17-26-14-3-2-4-15(19(14)30-17)29-10-18(27)28/h2-8H,9-10H2,1H3,(H,27,28). The molecule has 0 amide bonds. The number of hydrogen-bond donors (Lipinski definition) is 1. The van der Waals surface area contributed by atoms with E-state index in [1.54, 1.807) is 18.2 Å². The normalized spacial score (nSPS) is 11.7. The van der Waals surface area contributed by atoms with Gasteiger partial charge >= 0.3 is 12.1 Å². The summed E-state index contributed by atoms with van der Waals surface area (Å²) in [6, 6.07) is 9.87. The van der Waals surface area contributed by atoms with Crippen LogP contribution in [-0.4, -0.2) is 27.7 Å². The number of halogens is 3. The minimum absolute atomic E-state index is 0.283. The number of carboxylic acid groups (broad SMARTS) is 1. The van der Waals surface area contributed by atoms with Gasteiger partial charge in [-0.1, -0.05) is 18.2 Å². The maximum atomic E-state index is 12.8. The summed E-state index contributed by atoms with van der Waals surface area (Å²) in [5.41, 5.74) is 1.49. The Bertz CT molecular complexity index is 1250. The molecule has 0 spiro atoms. The first-order valence-corrected chi connectivity index (χ1v) is 9.89. The molecular formula is C21H15F3N2O4S. The number of oxazole rings is 1. The van der Waals surface area contributed by atoms with Crippen LogP contribution < -0.4 is 4.74 Å². The highest BCUT2D eigenvalue weighted by molar-refractivity contribution is 7.15. The summed E-state index contributed by atoms with van der Waals surface area (Å²) in [7, 11) is 0. The molecule has 0 saturated heterocycles. The monoisotopic (exact) mass is 448 g/mol. The van der Waals surface area contributed by atoms with E-state index in [0.29, 0.717) is 34.0 Å². The number of thiazole rings is 1. The van der Waals surface area contributed by atoms with E-state index in [2.05, 4.69) is 9.97 Å². The number of carboxylic acids is 1. The van der Waals surface area contributed by atoms with Gasteiger partial charge in [0.1, 0.15) is 10.5 Å². The highest BCUT2D eigenvalue weighted by atomic mass is 32.1. The molecule has 4 rings (SSSR count). The van der Waals surface area contributed by atoms with Crippen LogP contribution in [0.3, 0.4) is 0 Å². The van der Waals surface area contributed by atoms with Crippen molar-refractivity contribution in [3.05, 3.63) is 64.5 Å². The average Bonchev–Trinajstić information content (AvgIpc) is 3.29. The predicted octanol–water partition coefficient (Wildman–Crippen LogP) is 5.33. The second-order valence-electron chi connectivity index (χ2n) is 6.67. The lowest BCUT2D eigenvalue weighted by atomic mass is 10.1. The molecule has 0 fully saturated rings. The Morgan fingerprint density at radius 1 is 1.16 bits per heavy atom. The predicted molar refractivity (Wildman–Crippen MR) is 107 cm³/mol. The molecule has 0 aliphatic heterocycles. The fraction of sp³-hybridized carbons (Fsp3) is 0.190. The molecular weight excluding hydrogens is 433 g/mol. The van der Waals surface area contributed by atoms with Crippen molar-refractivity contribution in [3.8, 4) is 16.3 Å². The van der Waals surface area contributed by atoms with Crippen LogP contribution in [0, 0.1) is 6.92 Å². The van der Waals surface area contributed by atoms with Crippen LogP contribution in [0.25, 0.3) is 21.7 Å². The number of ether oxygens (including phenoxy) is 1. The molecule has 160 valence electrons. The van der Waals surface area contributed by atoms with Crippen molar-refractivity contribution in [2.24, 2.45) is 0 Å². The zero-order chi connectivity index (χ0) is 22.2. The summed E-state index contributed by atoms with van der Waals surface area (Å²) in [4.78, 5) is 20.5. The highest BCUT2D eigenvalue weighted by Crippen LogP contribution is 2.34. The van der Waals surface area contributed by atoms with Crippen molar-refractivity contribution in [2.45, 2.75) is 19.5 Å². The van der Waals surface area contributed by atoms with Gasteiger partial charge in [0.2, 0.25) is 5.89 Å². The van der Waals surface area contributed by atoms with Gasteiger partial charge in [-0.3, -0.25) is 0 Å². The number of rotatable bonds is 6. The van der Waals surface area contributed by atoms with Crippen molar-refractivity contribution in [2.75, 3.05) is 6.61 Å². The number of benzene rings is 2. The van der Waals surface area contributed by atoms with Crippen LogP contribution >= 0.6 is 11.3 Å². The third-order valence-electron chi connectivity index (χ3n) is 4.44. The topological polar surface area (TPSA) is 85.5 Å². The number of carbonyl (C=O) groups is 1. The number of nitrogens with zero attached hydrogens (tertiary/aromatic N) is 2. The van der Waals surface area contributed by atoms with E-state index in [1.165, 1.54) is 23.5 Å². The van der Waals surface area contributed by atoms with Gasteiger partial charge in [0.05, 0.1) is 17.7 Å². The van der Waals surface area contributed by atoms with Gasteiger partial charge in [-0.2, -0.15) is 13.2 Å². The molecule has 6 nitrogen and oxygen atoms in total. The first kappa shape index (κ1) is 20.9. The molecule has 2 aromatic carbocycles. The van der Waals surface area contributed by atoms with Crippen molar-refractivity contribution in [3.63, 3.8) is 0 Å². The fourth-order valence-electron chi connectivity index (χ4n) is 2.95. The number of alkyl halides is 3. The van der Waals surface area contributed by atoms with Crippen molar-refractivity contribution in [1.82, 2.24) is 9.97 Å². The highest BCUT2D eigenvalue weighted by Gasteiger charge is 2.30. The Kier molecular flexibility index (Phi) is 5.40. The number of aliphatic carboxylic acids is 1. The molecule has 31 heavy (non-hydrogen) atoms. The average molecular weight is 448 g/mol. The Hall–Kier alpha value is -3.40. The van der Waals surface area contributed by atoms with E-state index in [4.69, 9.17) is 14.3 Å². The van der Waals surface area contributed by atoms with E-state index in [9.17, 15) is 18.0 Å². The van der Waals surface area contributed by atoms with Crippen molar-refractivity contribution >= 4 is 28.4 Å². The summed E-state index contributed by atoms with van der Waals surface area (Å²) in [5.74, 6) is -0.426. The summed E-state index contributed by atoms with van der Waals surface area (Å²) in [6.07, 6.45) is -4.06. The molecule has 0 aliphatic carbocycles. The minimum Gasteiger partial charge on any atom is -0.479 e. The molecule has 1 N–H and O–H groups in total. The fourth-order valence-corrected chi connectivity index (χ4v) is 4.01. The van der Waals surface area contributed by atoms with Crippen LogP contribution in [0.15, 0.2) is 46.9 Å². The Labute approximate surface area is 177 Å². The van der Waals surface area contributed by atoms with Crippen LogP contribution in [0.5, 0.6) is 5.75 Å². The maximum Gasteiger partial charge on any atom is 0.416 e. The first-order chi connectivity index (χ1) is 14.7. The molecule has 0 unspecified atom stereocenters. The van der Waals surface area contributed by atoms with E-state index < -0.39 is 24.3 Å². The zero-order valence-electron chi connectivity index (χ0n) is 16.1. The molecule has 10 heteroatoms. The summed E-state index contributed by atoms with van der Waals surface area (Å²) in [5, 5.41) is 9.40. The van der Waals surface area contributed by atoms with Gasteiger partial charge in [0.25, 0.3) is 0 Å². The van der Waals surface area contributed by atoms with Crippen LogP contribution in [-0.2, 0) is 17.4 Å². The van der Waals surface area contributed by atoms with Gasteiger partial charge in [0.15, 0.2) is 17.9 Å². The number of para-hydroxylation sites is 1. The zero-order valence-corrected chi connectivity index (χ0v) is 16.9. The molecule has 2 aromatic heterocycles. The van der Waals surface area contributed by atoms with Gasteiger partial charge in [-0.15, -0.1) is 11.3 Å². The number of hydrogen-bond acceptors (Lipinski definition) is 6. The Morgan fingerprint density at radius 2 is 1.90 bits per heavy atom. The molecule has 2 heterocycles. The van der Waals surface area contributed by atoms with Gasteiger partial charge < -0.3 is 14.3 Å². The summed E-state index contributed by atoms with van der Waals surface area (Å²) >= 11 is 1.35. The van der Waals surface area contributed by atoms with Crippen LogP contribution in [0.4, 0.5) is 13.2 Å². The number of aryl methyl sites for hydroxylation is 1. The maximum absolute atomic E-state index is 12.8. The van der Waals surface area contributed by atoms with Gasteiger partial charge in [0, 0.05) is 10.4 Å². The Morgan fingerprint density at radius 3 is 2.58 bits per heavy atom. The molecule has 0 bridgehead atoms. The van der Waals surface area contributed by atoms with E-state index in [1.807, 2.05) is 6.92 Å². The number of fused-ring (bicyclic) bond motifs is 1. The lowest BCUT2D eigenvalue weighted by molar-refractivity contribution is -0.139. The largest absolute Gasteiger partial charge is 0.479 e. The molecule has 0 saturated carbocycles. The summed E-state index contributed by atoms with van der Waals surface area (Å²) in [6.45, 7) is 1.31. The third kappa shape index (κ3) is 4.53. The molecule has 0 aliphatic rings. The van der Waals surface area contributed by atoms with E-state index in [0.717, 1.165) is 22.7 Å². The quantitative estimate of drug-likeness (QED) is 0.429. The molecule has 4 aromatic rings. The van der Waals surface area contributed by atoms with Gasteiger partial charge in [-0.05, 0) is 31.2 Å². The third-order valence-corrected chi connectivity index (χ3v) is 5.64. The molecule has 0 radical (unpaired) electrons. The van der Waals surface area contributed by atoms with Crippen molar-refractivity contribution < 1.29 is 32.2 Å². The Balaban J connectivity index is 1.58. The smallest absolute Gasteiger partial charge is 0.416 e. The second kappa shape index (κ2) is 8.03. The SMILES string of the molecule is Cc1nc(-c2ccc(C(F)(F)F)cc2)sc1Cc1nc2cccc(OCC(=O)O)c2o1. The van der Waals surface area contributed by atoms with E-state index >= 15 is 0 Å². The lowest BCUT2D eigenvalue weighted by Gasteiger charge is -2.06. The van der Waals surface area contributed by atoms with Crippen LogP contribution in [0.2, 0.25) is 0 Å². The second-order valence-corrected chi connectivity index (χ2v) is 7.76. The van der Waals surface area contributed by atoms with E-state index in [-0.39, 0.29) is 5.75 Å². The lowest BCUT2D eigenvalue weighted by Crippen LogP contribution is -2.09. The van der Waals surface area contributed by atoms with Crippen LogP contribution in [0.1, 0.15) is 22.0 Å². The minimum atomic E-state index is -4.39.